The van der Waals surface area contributed by atoms with Gasteiger partial charge in [-0.15, -0.1) is 12.4 Å². The van der Waals surface area contributed by atoms with E-state index in [-0.39, 0.29) is 18.4 Å². The van der Waals surface area contributed by atoms with Gasteiger partial charge in [0.25, 0.3) is 0 Å². The number of alkyl halides is 3. The van der Waals surface area contributed by atoms with Crippen molar-refractivity contribution >= 4 is 12.4 Å². The number of halogens is 4. The fourth-order valence-corrected chi connectivity index (χ4v) is 2.87. The Bertz CT molecular complexity index is 459. The number of hydrogen-bond donors (Lipinski definition) is 1. The van der Waals surface area contributed by atoms with Crippen molar-refractivity contribution in [3.05, 3.63) is 35.4 Å². The molecule has 1 aromatic rings. The van der Waals surface area contributed by atoms with Crippen LogP contribution in [-0.2, 0) is 6.18 Å². The third-order valence-corrected chi connectivity index (χ3v) is 4.30. The van der Waals surface area contributed by atoms with Crippen LogP contribution in [0.3, 0.4) is 0 Å². The lowest BCUT2D eigenvalue weighted by atomic mass is 9.97. The van der Waals surface area contributed by atoms with E-state index in [0.29, 0.717) is 5.92 Å². The summed E-state index contributed by atoms with van der Waals surface area (Å²) >= 11 is 0. The lowest BCUT2D eigenvalue weighted by Gasteiger charge is -2.31. The maximum Gasteiger partial charge on any atom is 0.416 e. The first-order valence-corrected chi connectivity index (χ1v) is 7.46. The molecular formula is C16H24ClF3N2. The van der Waals surface area contributed by atoms with Gasteiger partial charge in [-0.1, -0.05) is 12.1 Å². The number of benzene rings is 1. The fraction of sp³-hybridized carbons (Fsp3) is 0.625. The molecule has 1 fully saturated rings. The number of nitrogens with zero attached hydrogens (tertiary/aromatic N) is 1. The highest BCUT2D eigenvalue weighted by atomic mass is 35.5. The highest BCUT2D eigenvalue weighted by molar-refractivity contribution is 5.85. The Morgan fingerprint density at radius 1 is 1.36 bits per heavy atom. The summed E-state index contributed by atoms with van der Waals surface area (Å²) in [6, 6.07) is 5.64. The molecule has 0 bridgehead atoms. The third-order valence-electron chi connectivity index (χ3n) is 4.30. The van der Waals surface area contributed by atoms with Gasteiger partial charge in [0, 0.05) is 12.6 Å². The first-order valence-electron chi connectivity index (χ1n) is 7.46. The Balaban J connectivity index is 0.00000242. The molecule has 22 heavy (non-hydrogen) atoms. The van der Waals surface area contributed by atoms with E-state index >= 15 is 0 Å². The van der Waals surface area contributed by atoms with Crippen molar-refractivity contribution < 1.29 is 13.2 Å². The molecule has 1 aromatic carbocycles. The summed E-state index contributed by atoms with van der Waals surface area (Å²) in [6.45, 7) is 4.94. The van der Waals surface area contributed by atoms with Crippen LogP contribution in [0.15, 0.2) is 24.3 Å². The van der Waals surface area contributed by atoms with Gasteiger partial charge in [-0.2, -0.15) is 13.2 Å². The molecule has 1 saturated heterocycles. The van der Waals surface area contributed by atoms with E-state index in [1.807, 2.05) is 14.0 Å². The van der Waals surface area contributed by atoms with Crippen molar-refractivity contribution in [3.63, 3.8) is 0 Å². The van der Waals surface area contributed by atoms with Gasteiger partial charge >= 0.3 is 6.18 Å². The van der Waals surface area contributed by atoms with Crippen LogP contribution in [0.25, 0.3) is 0 Å². The van der Waals surface area contributed by atoms with Crippen LogP contribution >= 0.6 is 12.4 Å². The molecule has 0 radical (unpaired) electrons. The van der Waals surface area contributed by atoms with Gasteiger partial charge in [0.05, 0.1) is 5.56 Å². The Hall–Kier alpha value is -0.780. The van der Waals surface area contributed by atoms with Crippen LogP contribution in [0, 0.1) is 5.92 Å². The average molecular weight is 337 g/mol. The molecule has 2 unspecified atom stereocenters. The summed E-state index contributed by atoms with van der Waals surface area (Å²) in [5.74, 6) is 0.581. The largest absolute Gasteiger partial charge is 0.416 e. The van der Waals surface area contributed by atoms with E-state index in [4.69, 9.17) is 0 Å². The van der Waals surface area contributed by atoms with Crippen molar-refractivity contribution in [1.29, 1.82) is 0 Å². The Labute approximate surface area is 136 Å². The number of nitrogens with one attached hydrogen (secondary N) is 1. The van der Waals surface area contributed by atoms with E-state index in [1.54, 1.807) is 6.07 Å². The average Bonchev–Trinajstić information content (AvgIpc) is 2.46. The van der Waals surface area contributed by atoms with E-state index in [9.17, 15) is 13.2 Å². The standard InChI is InChI=1S/C16H23F3N2.ClH/c1-12(21(2)11-13-5-4-8-20-10-13)14-6-3-7-15(9-14)16(17,18)19;/h3,6-7,9,12-13,20H,4-5,8,10-11H2,1-2H3;1H. The van der Waals surface area contributed by atoms with Gasteiger partial charge in [-0.3, -0.25) is 4.90 Å². The van der Waals surface area contributed by atoms with Gasteiger partial charge in [-0.05, 0) is 63.5 Å². The molecular weight excluding hydrogens is 313 g/mol. The molecule has 1 N–H and O–H groups in total. The molecule has 1 aliphatic heterocycles. The SMILES string of the molecule is CC(c1cccc(C(F)(F)F)c1)N(C)CC1CCCNC1.Cl. The van der Waals surface area contributed by atoms with Crippen LogP contribution in [-0.4, -0.2) is 31.6 Å². The lowest BCUT2D eigenvalue weighted by Crippen LogP contribution is -2.37. The molecule has 0 aliphatic carbocycles. The molecule has 126 valence electrons. The van der Waals surface area contributed by atoms with E-state index in [2.05, 4.69) is 10.2 Å². The van der Waals surface area contributed by atoms with E-state index in [1.165, 1.54) is 25.0 Å². The maximum absolute atomic E-state index is 12.8. The van der Waals surface area contributed by atoms with Crippen LogP contribution in [0.4, 0.5) is 13.2 Å². The van der Waals surface area contributed by atoms with Crippen LogP contribution in [0.2, 0.25) is 0 Å². The first-order chi connectivity index (χ1) is 9.88. The summed E-state index contributed by atoms with van der Waals surface area (Å²) in [6.07, 6.45) is -1.91. The molecule has 0 spiro atoms. The van der Waals surface area contributed by atoms with Gasteiger partial charge < -0.3 is 5.32 Å². The minimum Gasteiger partial charge on any atom is -0.316 e. The molecule has 2 nitrogen and oxygen atoms in total. The monoisotopic (exact) mass is 336 g/mol. The van der Waals surface area contributed by atoms with Crippen molar-refractivity contribution in [3.8, 4) is 0 Å². The number of rotatable bonds is 4. The maximum atomic E-state index is 12.8. The van der Waals surface area contributed by atoms with Crippen molar-refractivity contribution in [2.45, 2.75) is 32.0 Å². The molecule has 0 aromatic heterocycles. The zero-order valence-corrected chi connectivity index (χ0v) is 13.8. The topological polar surface area (TPSA) is 15.3 Å². The summed E-state index contributed by atoms with van der Waals surface area (Å²) in [4.78, 5) is 2.15. The molecule has 0 amide bonds. The van der Waals surface area contributed by atoms with Crippen molar-refractivity contribution in [1.82, 2.24) is 10.2 Å². The van der Waals surface area contributed by atoms with Crippen LogP contribution in [0.5, 0.6) is 0 Å². The smallest absolute Gasteiger partial charge is 0.316 e. The summed E-state index contributed by atoms with van der Waals surface area (Å²) < 4.78 is 38.3. The highest BCUT2D eigenvalue weighted by Crippen LogP contribution is 2.31. The van der Waals surface area contributed by atoms with E-state index < -0.39 is 11.7 Å². The second-order valence-corrected chi connectivity index (χ2v) is 5.95. The summed E-state index contributed by atoms with van der Waals surface area (Å²) in [5, 5.41) is 3.37. The summed E-state index contributed by atoms with van der Waals surface area (Å²) in [5.41, 5.74) is 0.149. The Morgan fingerprint density at radius 2 is 2.09 bits per heavy atom. The lowest BCUT2D eigenvalue weighted by molar-refractivity contribution is -0.137. The first kappa shape index (κ1) is 19.3. The quantitative estimate of drug-likeness (QED) is 0.889. The third kappa shape index (κ3) is 5.14. The van der Waals surface area contributed by atoms with Crippen molar-refractivity contribution in [2.24, 2.45) is 5.92 Å². The second-order valence-electron chi connectivity index (χ2n) is 5.95. The predicted molar refractivity (Wildman–Crippen MR) is 85.3 cm³/mol. The Kier molecular flexibility index (Phi) is 7.16. The molecule has 1 heterocycles. The fourth-order valence-electron chi connectivity index (χ4n) is 2.87. The zero-order valence-electron chi connectivity index (χ0n) is 13.0. The number of hydrogen-bond acceptors (Lipinski definition) is 2. The van der Waals surface area contributed by atoms with Crippen LogP contribution < -0.4 is 5.32 Å². The molecule has 2 atom stereocenters. The predicted octanol–water partition coefficient (Wildman–Crippen LogP) is 4.12. The molecule has 6 heteroatoms. The number of piperidine rings is 1. The molecule has 0 saturated carbocycles. The minimum absolute atomic E-state index is 0. The van der Waals surface area contributed by atoms with Crippen molar-refractivity contribution in [2.75, 3.05) is 26.7 Å². The van der Waals surface area contributed by atoms with Gasteiger partial charge in [0.1, 0.15) is 0 Å². The van der Waals surface area contributed by atoms with Gasteiger partial charge in [-0.25, -0.2) is 0 Å². The van der Waals surface area contributed by atoms with Gasteiger partial charge in [0.15, 0.2) is 0 Å². The minimum atomic E-state index is -4.28. The summed E-state index contributed by atoms with van der Waals surface area (Å²) in [7, 11) is 1.99. The second kappa shape index (κ2) is 8.18. The molecule has 1 aliphatic rings. The van der Waals surface area contributed by atoms with Crippen LogP contribution in [0.1, 0.15) is 36.9 Å². The molecule has 2 rings (SSSR count). The zero-order chi connectivity index (χ0) is 15.5. The highest BCUT2D eigenvalue weighted by Gasteiger charge is 2.31. The van der Waals surface area contributed by atoms with Gasteiger partial charge in [0.2, 0.25) is 0 Å². The van der Waals surface area contributed by atoms with E-state index in [0.717, 1.165) is 31.3 Å². The Morgan fingerprint density at radius 3 is 2.68 bits per heavy atom. The normalized spacial score (nSPS) is 20.5.